The lowest BCUT2D eigenvalue weighted by Gasteiger charge is -2.52. The van der Waals surface area contributed by atoms with Gasteiger partial charge in [0.1, 0.15) is 0 Å². The first kappa shape index (κ1) is 17.6. The second-order valence-corrected chi connectivity index (χ2v) is 7.41. The number of pyridine rings is 1. The fraction of sp³-hybridized carbons (Fsp3) is 0.600. The maximum absolute atomic E-state index is 6.13. The Morgan fingerprint density at radius 1 is 1.29 bits per heavy atom. The Kier molecular flexibility index (Phi) is 5.67. The molecular weight excluding hydrogens is 314 g/mol. The fourth-order valence-electron chi connectivity index (χ4n) is 4.28. The highest BCUT2D eigenvalue weighted by Gasteiger charge is 2.50. The molecule has 0 saturated carbocycles. The van der Waals surface area contributed by atoms with Crippen LogP contribution in [0.1, 0.15) is 45.2 Å². The van der Waals surface area contributed by atoms with Gasteiger partial charge in [0.15, 0.2) is 0 Å². The van der Waals surface area contributed by atoms with Crippen LogP contribution in [0.2, 0.25) is 0 Å². The van der Waals surface area contributed by atoms with Crippen molar-refractivity contribution in [2.75, 3.05) is 26.3 Å². The molecule has 1 aromatic heterocycles. The van der Waals surface area contributed by atoms with Gasteiger partial charge in [0.2, 0.25) is 0 Å². The molecule has 3 nitrogen and oxygen atoms in total. The Hall–Kier alpha value is -1.26. The molecule has 4 heteroatoms. The van der Waals surface area contributed by atoms with Crippen molar-refractivity contribution in [2.45, 2.75) is 44.9 Å². The number of allylic oxidation sites excluding steroid dienone is 2. The van der Waals surface area contributed by atoms with Gasteiger partial charge in [0.25, 0.3) is 0 Å². The molecule has 0 radical (unpaired) electrons. The van der Waals surface area contributed by atoms with Crippen LogP contribution in [0.15, 0.2) is 36.5 Å². The van der Waals surface area contributed by atoms with E-state index in [9.17, 15) is 0 Å². The lowest BCUT2D eigenvalue weighted by Crippen LogP contribution is -2.63. The second-order valence-electron chi connectivity index (χ2n) is 7.02. The predicted molar refractivity (Wildman–Crippen MR) is 104 cm³/mol. The van der Waals surface area contributed by atoms with Crippen LogP contribution in [0.4, 0.5) is 0 Å². The molecule has 24 heavy (non-hydrogen) atoms. The number of thiocarbonyl (C=S) groups is 1. The minimum atomic E-state index is -0.134. The number of rotatable bonds is 5. The van der Waals surface area contributed by atoms with Gasteiger partial charge in [-0.1, -0.05) is 44.3 Å². The molecule has 1 aliphatic carbocycles. The highest BCUT2D eigenvalue weighted by Crippen LogP contribution is 2.43. The topological polar surface area (TPSA) is 19.4 Å². The third-order valence-electron chi connectivity index (χ3n) is 5.54. The SMILES string of the molecule is CCCN1CN(CC)CC(c2ccccn2)(C2CC=CCC2)C1=S. The summed E-state index contributed by atoms with van der Waals surface area (Å²) in [7, 11) is 0. The summed E-state index contributed by atoms with van der Waals surface area (Å²) >= 11 is 6.13. The monoisotopic (exact) mass is 343 g/mol. The molecule has 1 aliphatic heterocycles. The van der Waals surface area contributed by atoms with E-state index in [1.54, 1.807) is 0 Å². The Morgan fingerprint density at radius 2 is 2.17 bits per heavy atom. The molecule has 1 aromatic rings. The van der Waals surface area contributed by atoms with Gasteiger partial charge < -0.3 is 4.90 Å². The van der Waals surface area contributed by atoms with Crippen molar-refractivity contribution in [2.24, 2.45) is 5.92 Å². The maximum atomic E-state index is 6.13. The first-order valence-electron chi connectivity index (χ1n) is 9.30. The highest BCUT2D eigenvalue weighted by atomic mass is 32.1. The predicted octanol–water partition coefficient (Wildman–Crippen LogP) is 4.01. The third-order valence-corrected chi connectivity index (χ3v) is 6.16. The maximum Gasteiger partial charge on any atom is 0.0928 e. The normalized spacial score (nSPS) is 28.3. The van der Waals surface area contributed by atoms with E-state index in [1.807, 2.05) is 12.3 Å². The minimum Gasteiger partial charge on any atom is -0.352 e. The van der Waals surface area contributed by atoms with Crippen molar-refractivity contribution in [1.29, 1.82) is 0 Å². The standard InChI is InChI=1S/C20H29N3S/c1-3-14-23-16-22(4-2)15-20(19(23)24,17-10-6-5-7-11-17)18-12-8-9-13-21-18/h5-6,8-9,12-13,17H,3-4,7,10-11,14-16H2,1-2H3. The lowest BCUT2D eigenvalue weighted by molar-refractivity contribution is 0.101. The molecule has 3 rings (SSSR count). The molecule has 0 aromatic carbocycles. The zero-order valence-corrected chi connectivity index (χ0v) is 15.8. The van der Waals surface area contributed by atoms with E-state index in [0.717, 1.165) is 56.2 Å². The minimum absolute atomic E-state index is 0.134. The molecule has 2 unspecified atom stereocenters. The van der Waals surface area contributed by atoms with Gasteiger partial charge in [-0.25, -0.2) is 0 Å². The molecule has 2 aliphatic rings. The zero-order chi connectivity index (χ0) is 17.0. The molecule has 0 spiro atoms. The Labute approximate surface area is 151 Å². The third kappa shape index (κ3) is 3.14. The molecule has 0 bridgehead atoms. The van der Waals surface area contributed by atoms with Gasteiger partial charge in [-0.3, -0.25) is 9.88 Å². The van der Waals surface area contributed by atoms with E-state index in [-0.39, 0.29) is 5.41 Å². The summed E-state index contributed by atoms with van der Waals surface area (Å²) in [5, 5.41) is 0. The first-order valence-corrected chi connectivity index (χ1v) is 9.71. The average Bonchev–Trinajstić information content (AvgIpc) is 2.65. The van der Waals surface area contributed by atoms with E-state index in [4.69, 9.17) is 17.2 Å². The number of likely N-dealkylation sites (N-methyl/N-ethyl adjacent to an activating group) is 1. The fourth-order valence-corrected chi connectivity index (χ4v) is 4.77. The molecule has 1 saturated heterocycles. The summed E-state index contributed by atoms with van der Waals surface area (Å²) in [5.74, 6) is 0.540. The smallest absolute Gasteiger partial charge is 0.0928 e. The highest BCUT2D eigenvalue weighted by molar-refractivity contribution is 7.80. The van der Waals surface area contributed by atoms with Crippen molar-refractivity contribution in [3.05, 3.63) is 42.2 Å². The van der Waals surface area contributed by atoms with Crippen LogP contribution in [0.5, 0.6) is 0 Å². The Bertz CT molecular complexity index is 586. The number of hydrogen-bond acceptors (Lipinski definition) is 3. The summed E-state index contributed by atoms with van der Waals surface area (Å²) in [5.41, 5.74) is 1.03. The number of hydrogen-bond donors (Lipinski definition) is 0. The van der Waals surface area contributed by atoms with Crippen LogP contribution in [-0.4, -0.2) is 46.1 Å². The summed E-state index contributed by atoms with van der Waals surface area (Å²) in [6, 6.07) is 6.31. The van der Waals surface area contributed by atoms with Gasteiger partial charge in [-0.05, 0) is 50.3 Å². The van der Waals surface area contributed by atoms with Crippen LogP contribution in [0, 0.1) is 5.92 Å². The van der Waals surface area contributed by atoms with Crippen molar-refractivity contribution in [3.8, 4) is 0 Å². The number of aromatic nitrogens is 1. The van der Waals surface area contributed by atoms with Crippen LogP contribution >= 0.6 is 12.2 Å². The molecule has 2 atom stereocenters. The lowest BCUT2D eigenvalue weighted by atomic mass is 9.66. The quantitative estimate of drug-likeness (QED) is 0.594. The summed E-state index contributed by atoms with van der Waals surface area (Å²) in [6.07, 6.45) is 11.2. The molecule has 2 heterocycles. The number of nitrogens with zero attached hydrogens (tertiary/aromatic N) is 3. The van der Waals surface area contributed by atoms with Crippen LogP contribution in [0.3, 0.4) is 0 Å². The van der Waals surface area contributed by atoms with Gasteiger partial charge in [-0.15, -0.1) is 0 Å². The van der Waals surface area contributed by atoms with Crippen LogP contribution < -0.4 is 0 Å². The van der Waals surface area contributed by atoms with E-state index < -0.39 is 0 Å². The van der Waals surface area contributed by atoms with Crippen LogP contribution in [0.25, 0.3) is 0 Å². The second kappa shape index (κ2) is 7.75. The first-order chi connectivity index (χ1) is 11.7. The van der Waals surface area contributed by atoms with E-state index in [0.29, 0.717) is 5.92 Å². The molecule has 130 valence electrons. The van der Waals surface area contributed by atoms with Crippen molar-refractivity contribution in [1.82, 2.24) is 14.8 Å². The molecule has 1 fully saturated rings. The van der Waals surface area contributed by atoms with Crippen molar-refractivity contribution >= 4 is 17.2 Å². The Balaban J connectivity index is 2.07. The molecule has 0 amide bonds. The van der Waals surface area contributed by atoms with Crippen molar-refractivity contribution < 1.29 is 0 Å². The summed E-state index contributed by atoms with van der Waals surface area (Å²) < 4.78 is 0. The van der Waals surface area contributed by atoms with Crippen LogP contribution in [-0.2, 0) is 5.41 Å². The summed E-state index contributed by atoms with van der Waals surface area (Å²) in [6.45, 7) is 8.53. The zero-order valence-electron chi connectivity index (χ0n) is 14.9. The Morgan fingerprint density at radius 3 is 2.79 bits per heavy atom. The van der Waals surface area contributed by atoms with Gasteiger partial charge in [0, 0.05) is 19.3 Å². The van der Waals surface area contributed by atoms with E-state index >= 15 is 0 Å². The molecular formula is C20H29N3S. The average molecular weight is 344 g/mol. The van der Waals surface area contributed by atoms with E-state index in [2.05, 4.69) is 47.9 Å². The summed E-state index contributed by atoms with van der Waals surface area (Å²) in [4.78, 5) is 10.9. The van der Waals surface area contributed by atoms with E-state index in [1.165, 1.54) is 6.42 Å². The van der Waals surface area contributed by atoms with Crippen molar-refractivity contribution in [3.63, 3.8) is 0 Å². The van der Waals surface area contributed by atoms with Gasteiger partial charge >= 0.3 is 0 Å². The molecule has 0 N–H and O–H groups in total. The largest absolute Gasteiger partial charge is 0.352 e. The van der Waals surface area contributed by atoms with Gasteiger partial charge in [0.05, 0.1) is 22.8 Å². The van der Waals surface area contributed by atoms with Gasteiger partial charge in [-0.2, -0.15) is 0 Å².